The topological polar surface area (TPSA) is 37.0 Å². The first-order valence-corrected chi connectivity index (χ1v) is 7.56. The van der Waals surface area contributed by atoms with Crippen LogP contribution in [-0.4, -0.2) is 23.6 Å². The van der Waals surface area contributed by atoms with E-state index < -0.39 is 0 Å². The van der Waals surface area contributed by atoms with Gasteiger partial charge in [-0.15, -0.1) is 0 Å². The van der Waals surface area contributed by atoms with Crippen LogP contribution < -0.4 is 10.6 Å². The second-order valence-electron chi connectivity index (χ2n) is 5.26. The Morgan fingerprint density at radius 1 is 1.56 bits per heavy atom. The Kier molecular flexibility index (Phi) is 5.01. The van der Waals surface area contributed by atoms with E-state index in [1.54, 1.807) is 0 Å². The Morgan fingerprint density at radius 3 is 3.06 bits per heavy atom. The van der Waals surface area contributed by atoms with E-state index >= 15 is 0 Å². The van der Waals surface area contributed by atoms with Gasteiger partial charge in [0.05, 0.1) is 11.9 Å². The fraction of sp³-hybridized carbons (Fsp3) is 0.643. The summed E-state index contributed by atoms with van der Waals surface area (Å²) < 4.78 is 0.926. The average molecular weight is 312 g/mol. The van der Waals surface area contributed by atoms with E-state index in [0.29, 0.717) is 12.1 Å². The molecule has 4 heteroatoms. The Morgan fingerprint density at radius 2 is 2.39 bits per heavy atom. The molecule has 1 aromatic heterocycles. The molecule has 2 N–H and O–H groups in total. The van der Waals surface area contributed by atoms with Crippen LogP contribution in [-0.2, 0) is 0 Å². The molecule has 2 atom stereocenters. The number of rotatable bonds is 4. The molecule has 2 heterocycles. The second-order valence-corrected chi connectivity index (χ2v) is 6.01. The van der Waals surface area contributed by atoms with Crippen LogP contribution in [0.4, 0.5) is 5.69 Å². The maximum absolute atomic E-state index is 4.32. The summed E-state index contributed by atoms with van der Waals surface area (Å²) in [7, 11) is 0. The predicted molar refractivity (Wildman–Crippen MR) is 80.0 cm³/mol. The molecular weight excluding hydrogens is 290 g/mol. The molecule has 0 radical (unpaired) electrons. The molecule has 18 heavy (non-hydrogen) atoms. The Bertz CT molecular complexity index is 389. The van der Waals surface area contributed by atoms with Crippen molar-refractivity contribution in [2.45, 2.75) is 51.6 Å². The lowest BCUT2D eigenvalue weighted by atomic mass is 9.99. The van der Waals surface area contributed by atoms with Crippen LogP contribution in [0.15, 0.2) is 16.9 Å². The normalized spacial score (nSPS) is 21.6. The standard InChI is InChI=1S/C14H22BrN3/c1-10-7-13(9-17-14(10)15)18-11(2)8-12-5-3-4-6-16-12/h7,9,11-12,16,18H,3-6,8H2,1-2H3. The molecule has 0 aliphatic carbocycles. The van der Waals surface area contributed by atoms with Crippen molar-refractivity contribution >= 4 is 21.6 Å². The molecule has 1 aliphatic rings. The van der Waals surface area contributed by atoms with Crippen LogP contribution in [0, 0.1) is 6.92 Å². The molecule has 0 bridgehead atoms. The Labute approximate surface area is 118 Å². The third-order valence-corrected chi connectivity index (χ3v) is 4.31. The van der Waals surface area contributed by atoms with Crippen molar-refractivity contribution in [1.29, 1.82) is 0 Å². The van der Waals surface area contributed by atoms with E-state index in [1.807, 2.05) is 6.20 Å². The van der Waals surface area contributed by atoms with E-state index in [9.17, 15) is 0 Å². The van der Waals surface area contributed by atoms with E-state index in [4.69, 9.17) is 0 Å². The molecule has 1 aromatic rings. The first kappa shape index (κ1) is 13.8. The highest BCUT2D eigenvalue weighted by Crippen LogP contribution is 2.19. The summed E-state index contributed by atoms with van der Waals surface area (Å²) in [6, 6.07) is 3.29. The minimum Gasteiger partial charge on any atom is -0.381 e. The molecule has 2 unspecified atom stereocenters. The molecule has 0 amide bonds. The first-order chi connectivity index (χ1) is 8.65. The first-order valence-electron chi connectivity index (χ1n) is 6.77. The molecule has 2 rings (SSSR count). The van der Waals surface area contributed by atoms with Crippen LogP contribution >= 0.6 is 15.9 Å². The number of aromatic nitrogens is 1. The summed E-state index contributed by atoms with van der Waals surface area (Å²) in [6.45, 7) is 5.49. The summed E-state index contributed by atoms with van der Waals surface area (Å²) in [5, 5.41) is 7.13. The zero-order valence-electron chi connectivity index (χ0n) is 11.2. The van der Waals surface area contributed by atoms with Gasteiger partial charge in [-0.1, -0.05) is 6.42 Å². The smallest absolute Gasteiger partial charge is 0.109 e. The van der Waals surface area contributed by atoms with Crippen molar-refractivity contribution in [1.82, 2.24) is 10.3 Å². The van der Waals surface area contributed by atoms with E-state index in [-0.39, 0.29) is 0 Å². The lowest BCUT2D eigenvalue weighted by Gasteiger charge is -2.27. The molecule has 0 spiro atoms. The molecule has 1 aliphatic heterocycles. The van der Waals surface area contributed by atoms with Crippen LogP contribution in [0.25, 0.3) is 0 Å². The fourth-order valence-corrected chi connectivity index (χ4v) is 2.75. The largest absolute Gasteiger partial charge is 0.381 e. The van der Waals surface area contributed by atoms with Gasteiger partial charge >= 0.3 is 0 Å². The molecule has 100 valence electrons. The Hall–Kier alpha value is -0.610. The summed E-state index contributed by atoms with van der Waals surface area (Å²) in [5.74, 6) is 0. The van der Waals surface area contributed by atoms with Gasteiger partial charge in [-0.05, 0) is 67.2 Å². The highest BCUT2D eigenvalue weighted by Gasteiger charge is 2.15. The third-order valence-electron chi connectivity index (χ3n) is 3.48. The number of piperidine rings is 1. The van der Waals surface area contributed by atoms with Crippen molar-refractivity contribution in [2.24, 2.45) is 0 Å². The molecular formula is C14H22BrN3. The van der Waals surface area contributed by atoms with Crippen molar-refractivity contribution < 1.29 is 0 Å². The highest BCUT2D eigenvalue weighted by atomic mass is 79.9. The number of nitrogens with one attached hydrogen (secondary N) is 2. The summed E-state index contributed by atoms with van der Waals surface area (Å²) in [4.78, 5) is 4.32. The van der Waals surface area contributed by atoms with Gasteiger partial charge in [0, 0.05) is 12.1 Å². The lowest BCUT2D eigenvalue weighted by molar-refractivity contribution is 0.371. The number of anilines is 1. The zero-order chi connectivity index (χ0) is 13.0. The maximum atomic E-state index is 4.32. The fourth-order valence-electron chi connectivity index (χ4n) is 2.53. The van der Waals surface area contributed by atoms with Gasteiger partial charge in [0.2, 0.25) is 0 Å². The zero-order valence-corrected chi connectivity index (χ0v) is 12.8. The quantitative estimate of drug-likeness (QED) is 0.836. The van der Waals surface area contributed by atoms with Crippen LogP contribution in [0.3, 0.4) is 0 Å². The molecule has 3 nitrogen and oxygen atoms in total. The number of nitrogens with zero attached hydrogens (tertiary/aromatic N) is 1. The van der Waals surface area contributed by atoms with Crippen molar-refractivity contribution in [3.63, 3.8) is 0 Å². The molecule has 0 aromatic carbocycles. The minimum atomic E-state index is 0.475. The molecule has 1 fully saturated rings. The van der Waals surface area contributed by atoms with Crippen molar-refractivity contribution in [3.05, 3.63) is 22.4 Å². The van der Waals surface area contributed by atoms with Crippen LogP contribution in [0.1, 0.15) is 38.2 Å². The van der Waals surface area contributed by atoms with Crippen molar-refractivity contribution in [3.8, 4) is 0 Å². The molecule has 1 saturated heterocycles. The van der Waals surface area contributed by atoms with Gasteiger partial charge < -0.3 is 10.6 Å². The minimum absolute atomic E-state index is 0.475. The monoisotopic (exact) mass is 311 g/mol. The van der Waals surface area contributed by atoms with Gasteiger partial charge in [0.25, 0.3) is 0 Å². The lowest BCUT2D eigenvalue weighted by Crippen LogP contribution is -2.37. The summed E-state index contributed by atoms with van der Waals surface area (Å²) in [5.41, 5.74) is 2.28. The van der Waals surface area contributed by atoms with Gasteiger partial charge in [0.15, 0.2) is 0 Å². The number of halogens is 1. The molecule has 0 saturated carbocycles. The SMILES string of the molecule is Cc1cc(NC(C)CC2CCCCN2)cnc1Br. The third kappa shape index (κ3) is 3.95. The maximum Gasteiger partial charge on any atom is 0.109 e. The van der Waals surface area contributed by atoms with Crippen molar-refractivity contribution in [2.75, 3.05) is 11.9 Å². The second kappa shape index (κ2) is 6.53. The van der Waals surface area contributed by atoms with Gasteiger partial charge in [-0.25, -0.2) is 4.98 Å². The number of aryl methyl sites for hydroxylation is 1. The van der Waals surface area contributed by atoms with E-state index in [0.717, 1.165) is 10.3 Å². The van der Waals surface area contributed by atoms with Crippen LogP contribution in [0.2, 0.25) is 0 Å². The summed E-state index contributed by atoms with van der Waals surface area (Å²) >= 11 is 3.43. The number of hydrogen-bond donors (Lipinski definition) is 2. The van der Waals surface area contributed by atoms with E-state index in [2.05, 4.69) is 51.5 Å². The highest BCUT2D eigenvalue weighted by molar-refractivity contribution is 9.10. The van der Waals surface area contributed by atoms with Gasteiger partial charge in [-0.2, -0.15) is 0 Å². The summed E-state index contributed by atoms with van der Waals surface area (Å²) in [6.07, 6.45) is 7.07. The Balaban J connectivity index is 1.85. The number of hydrogen-bond acceptors (Lipinski definition) is 3. The van der Waals surface area contributed by atoms with Crippen LogP contribution in [0.5, 0.6) is 0 Å². The predicted octanol–water partition coefficient (Wildman–Crippen LogP) is 3.49. The average Bonchev–Trinajstić information content (AvgIpc) is 2.35. The van der Waals surface area contributed by atoms with Gasteiger partial charge in [-0.3, -0.25) is 0 Å². The van der Waals surface area contributed by atoms with Gasteiger partial charge in [0.1, 0.15) is 4.60 Å². The van der Waals surface area contributed by atoms with E-state index in [1.165, 1.54) is 37.8 Å². The number of pyridine rings is 1.